The Morgan fingerprint density at radius 3 is 2.29 bits per heavy atom. The zero-order valence-corrected chi connectivity index (χ0v) is 14.9. The minimum atomic E-state index is -0.154. The Bertz CT molecular complexity index is 601. The standard InChI is InChI=1S/C18H23ClOS/c1-11(2)13-6-7-14(15(10-13)12(3)4)17(19)18-16(20-5)8-9-21-18/h6-12,17H,1-5H3. The molecular weight excluding hydrogens is 300 g/mol. The van der Waals surface area contributed by atoms with Crippen LogP contribution in [0, 0.1) is 0 Å². The minimum absolute atomic E-state index is 0.154. The third-order valence-electron chi connectivity index (χ3n) is 3.78. The van der Waals surface area contributed by atoms with Crippen LogP contribution in [-0.2, 0) is 0 Å². The van der Waals surface area contributed by atoms with Gasteiger partial charge in [0.1, 0.15) is 5.75 Å². The second kappa shape index (κ2) is 6.85. The van der Waals surface area contributed by atoms with Crippen LogP contribution in [0.15, 0.2) is 29.6 Å². The molecular formula is C18H23ClOS. The van der Waals surface area contributed by atoms with E-state index in [-0.39, 0.29) is 5.38 Å². The number of halogens is 1. The van der Waals surface area contributed by atoms with E-state index in [2.05, 4.69) is 45.9 Å². The molecule has 114 valence electrons. The van der Waals surface area contributed by atoms with Gasteiger partial charge in [-0.25, -0.2) is 0 Å². The van der Waals surface area contributed by atoms with E-state index in [1.165, 1.54) is 16.7 Å². The smallest absolute Gasteiger partial charge is 0.134 e. The molecule has 0 radical (unpaired) electrons. The van der Waals surface area contributed by atoms with Crippen LogP contribution >= 0.6 is 22.9 Å². The molecule has 0 amide bonds. The largest absolute Gasteiger partial charge is 0.496 e. The zero-order chi connectivity index (χ0) is 15.6. The summed E-state index contributed by atoms with van der Waals surface area (Å²) in [6, 6.07) is 8.66. The molecule has 2 aromatic rings. The van der Waals surface area contributed by atoms with E-state index in [4.69, 9.17) is 16.3 Å². The van der Waals surface area contributed by atoms with Gasteiger partial charge in [0.05, 0.1) is 17.4 Å². The van der Waals surface area contributed by atoms with Crippen LogP contribution in [0.3, 0.4) is 0 Å². The van der Waals surface area contributed by atoms with Crippen LogP contribution < -0.4 is 4.74 Å². The molecule has 1 atom stereocenters. The lowest BCUT2D eigenvalue weighted by Gasteiger charge is -2.20. The first-order chi connectivity index (χ1) is 9.95. The Labute approximate surface area is 136 Å². The summed E-state index contributed by atoms with van der Waals surface area (Å²) in [5.41, 5.74) is 3.89. The maximum atomic E-state index is 6.77. The summed E-state index contributed by atoms with van der Waals surface area (Å²) in [7, 11) is 1.69. The number of alkyl halides is 1. The lowest BCUT2D eigenvalue weighted by Crippen LogP contribution is -2.03. The van der Waals surface area contributed by atoms with E-state index >= 15 is 0 Å². The van der Waals surface area contributed by atoms with Crippen molar-refractivity contribution in [3.8, 4) is 5.75 Å². The van der Waals surface area contributed by atoms with Crippen LogP contribution in [-0.4, -0.2) is 7.11 Å². The highest BCUT2D eigenvalue weighted by molar-refractivity contribution is 7.10. The molecule has 2 rings (SSSR count). The van der Waals surface area contributed by atoms with Crippen molar-refractivity contribution in [1.82, 2.24) is 0 Å². The second-order valence-corrected chi connectivity index (χ2v) is 7.30. The Hall–Kier alpha value is -0.990. The number of benzene rings is 1. The van der Waals surface area contributed by atoms with Crippen molar-refractivity contribution in [2.75, 3.05) is 7.11 Å². The average molecular weight is 323 g/mol. The topological polar surface area (TPSA) is 9.23 Å². The summed E-state index contributed by atoms with van der Waals surface area (Å²) < 4.78 is 5.42. The molecule has 0 N–H and O–H groups in total. The van der Waals surface area contributed by atoms with E-state index in [0.717, 1.165) is 10.6 Å². The monoisotopic (exact) mass is 322 g/mol. The molecule has 1 aromatic carbocycles. The Morgan fingerprint density at radius 1 is 1.00 bits per heavy atom. The zero-order valence-electron chi connectivity index (χ0n) is 13.3. The summed E-state index contributed by atoms with van der Waals surface area (Å²) in [5, 5.41) is 1.87. The van der Waals surface area contributed by atoms with Crippen molar-refractivity contribution in [3.05, 3.63) is 51.2 Å². The van der Waals surface area contributed by atoms with Gasteiger partial charge in [-0.15, -0.1) is 22.9 Å². The molecule has 0 bridgehead atoms. The summed E-state index contributed by atoms with van der Waals surface area (Å²) in [4.78, 5) is 1.08. The highest BCUT2D eigenvalue weighted by atomic mass is 35.5. The normalized spacial score (nSPS) is 13.0. The lowest BCUT2D eigenvalue weighted by atomic mass is 9.90. The minimum Gasteiger partial charge on any atom is -0.496 e. The predicted octanol–water partition coefficient (Wildman–Crippen LogP) is 6.33. The van der Waals surface area contributed by atoms with Crippen molar-refractivity contribution in [3.63, 3.8) is 0 Å². The van der Waals surface area contributed by atoms with E-state index in [0.29, 0.717) is 11.8 Å². The quantitative estimate of drug-likeness (QED) is 0.584. The fourth-order valence-corrected chi connectivity index (χ4v) is 3.80. The Kier molecular flexibility index (Phi) is 5.34. The van der Waals surface area contributed by atoms with Gasteiger partial charge >= 0.3 is 0 Å². The number of rotatable bonds is 5. The van der Waals surface area contributed by atoms with Crippen LogP contribution in [0.4, 0.5) is 0 Å². The van der Waals surface area contributed by atoms with E-state index < -0.39 is 0 Å². The van der Waals surface area contributed by atoms with E-state index in [1.54, 1.807) is 18.4 Å². The molecule has 0 saturated heterocycles. The number of hydrogen-bond acceptors (Lipinski definition) is 2. The van der Waals surface area contributed by atoms with Crippen molar-refractivity contribution in [1.29, 1.82) is 0 Å². The summed E-state index contributed by atoms with van der Waals surface area (Å²) in [6.45, 7) is 8.88. The van der Waals surface area contributed by atoms with Crippen LogP contribution in [0.25, 0.3) is 0 Å². The van der Waals surface area contributed by atoms with Gasteiger partial charge in [-0.2, -0.15) is 0 Å². The molecule has 0 aliphatic carbocycles. The summed E-state index contributed by atoms with van der Waals surface area (Å²) >= 11 is 8.42. The van der Waals surface area contributed by atoms with Crippen molar-refractivity contribution >= 4 is 22.9 Å². The molecule has 1 heterocycles. The van der Waals surface area contributed by atoms with Gasteiger partial charge in [-0.05, 0) is 40.0 Å². The Balaban J connectivity index is 2.47. The summed E-state index contributed by atoms with van der Waals surface area (Å²) in [5.74, 6) is 1.86. The fraction of sp³-hybridized carbons (Fsp3) is 0.444. The van der Waals surface area contributed by atoms with Gasteiger partial charge in [-0.3, -0.25) is 0 Å². The third-order valence-corrected chi connectivity index (χ3v) is 5.33. The van der Waals surface area contributed by atoms with Crippen LogP contribution in [0.5, 0.6) is 5.75 Å². The van der Waals surface area contributed by atoms with Crippen LogP contribution in [0.2, 0.25) is 0 Å². The molecule has 1 unspecified atom stereocenters. The van der Waals surface area contributed by atoms with Crippen molar-refractivity contribution in [2.24, 2.45) is 0 Å². The number of methoxy groups -OCH3 is 1. The molecule has 0 aliphatic heterocycles. The maximum Gasteiger partial charge on any atom is 0.134 e. The van der Waals surface area contributed by atoms with E-state index in [9.17, 15) is 0 Å². The summed E-state index contributed by atoms with van der Waals surface area (Å²) in [6.07, 6.45) is 0. The van der Waals surface area contributed by atoms with Gasteiger partial charge in [0, 0.05) is 0 Å². The molecule has 0 aliphatic rings. The van der Waals surface area contributed by atoms with Crippen molar-refractivity contribution < 1.29 is 4.74 Å². The molecule has 3 heteroatoms. The average Bonchev–Trinajstić information content (AvgIpc) is 2.94. The molecule has 1 nitrogen and oxygen atoms in total. The molecule has 0 saturated carbocycles. The maximum absolute atomic E-state index is 6.77. The van der Waals surface area contributed by atoms with Gasteiger partial charge < -0.3 is 4.74 Å². The van der Waals surface area contributed by atoms with E-state index in [1.807, 2.05) is 11.4 Å². The highest BCUT2D eigenvalue weighted by Gasteiger charge is 2.21. The second-order valence-electron chi connectivity index (χ2n) is 5.91. The first kappa shape index (κ1) is 16.4. The number of thiophene rings is 1. The Morgan fingerprint density at radius 2 is 1.71 bits per heavy atom. The SMILES string of the molecule is COc1ccsc1C(Cl)c1ccc(C(C)C)cc1C(C)C. The lowest BCUT2D eigenvalue weighted by molar-refractivity contribution is 0.412. The predicted molar refractivity (Wildman–Crippen MR) is 93.2 cm³/mol. The third kappa shape index (κ3) is 3.44. The molecule has 0 fully saturated rings. The van der Waals surface area contributed by atoms with Crippen LogP contribution in [0.1, 0.15) is 66.5 Å². The number of ether oxygens (including phenoxy) is 1. The fourth-order valence-electron chi connectivity index (χ4n) is 2.49. The van der Waals surface area contributed by atoms with Crippen molar-refractivity contribution in [2.45, 2.75) is 44.9 Å². The molecule has 21 heavy (non-hydrogen) atoms. The first-order valence-corrected chi connectivity index (χ1v) is 8.66. The highest BCUT2D eigenvalue weighted by Crippen LogP contribution is 2.42. The number of hydrogen-bond donors (Lipinski definition) is 0. The van der Waals surface area contributed by atoms with Gasteiger partial charge in [0.15, 0.2) is 0 Å². The first-order valence-electron chi connectivity index (χ1n) is 7.34. The van der Waals surface area contributed by atoms with Gasteiger partial charge in [0.2, 0.25) is 0 Å². The van der Waals surface area contributed by atoms with Gasteiger partial charge in [0.25, 0.3) is 0 Å². The van der Waals surface area contributed by atoms with Gasteiger partial charge in [-0.1, -0.05) is 45.9 Å². The molecule has 1 aromatic heterocycles. The molecule has 0 spiro atoms.